The smallest absolute Gasteiger partial charge is 0.315 e. The average Bonchev–Trinajstić information content (AvgIpc) is 3.10. The number of fused-ring (bicyclic) bond motifs is 1. The first-order valence-corrected chi connectivity index (χ1v) is 9.34. The van der Waals surface area contributed by atoms with Gasteiger partial charge in [0.15, 0.2) is 6.29 Å². The van der Waals surface area contributed by atoms with Gasteiger partial charge in [0.05, 0.1) is 23.6 Å². The minimum Gasteiger partial charge on any atom is -0.366 e. The summed E-state index contributed by atoms with van der Waals surface area (Å²) in [5.41, 5.74) is 2.44. The number of rotatable bonds is 7. The first-order chi connectivity index (χ1) is 13.5. The van der Waals surface area contributed by atoms with Crippen LogP contribution in [0.15, 0.2) is 42.5 Å². The van der Waals surface area contributed by atoms with E-state index in [1.807, 2.05) is 24.3 Å². The molecule has 0 bridgehead atoms. The Balaban J connectivity index is 1.62. The van der Waals surface area contributed by atoms with Crippen molar-refractivity contribution >= 4 is 40.3 Å². The number of benzene rings is 2. The van der Waals surface area contributed by atoms with Crippen LogP contribution in [0.3, 0.4) is 0 Å². The predicted molar refractivity (Wildman–Crippen MR) is 108 cm³/mol. The lowest BCUT2D eigenvalue weighted by atomic mass is 10.1. The number of H-pyrrole nitrogens is 1. The molecule has 9 heteroatoms. The Morgan fingerprint density at radius 1 is 1.29 bits per heavy atom. The quantitative estimate of drug-likeness (QED) is 0.439. The van der Waals surface area contributed by atoms with Crippen molar-refractivity contribution in [1.29, 1.82) is 0 Å². The monoisotopic (exact) mass is 422 g/mol. The van der Waals surface area contributed by atoms with Crippen molar-refractivity contribution in [2.45, 2.75) is 25.3 Å². The number of aromatic nitrogens is 2. The van der Waals surface area contributed by atoms with Crippen molar-refractivity contribution in [3.05, 3.63) is 63.9 Å². The molecule has 3 aromatic rings. The third kappa shape index (κ3) is 5.14. The topological polar surface area (TPSA) is 99.3 Å². The molecular weight excluding hydrogens is 403 g/mol. The number of hydrogen-bond donors (Lipinski definition) is 4. The van der Waals surface area contributed by atoms with Gasteiger partial charge in [-0.05, 0) is 36.2 Å². The number of para-hydroxylation sites is 2. The molecule has 0 radical (unpaired) electrons. The number of imidazole rings is 1. The van der Waals surface area contributed by atoms with Crippen LogP contribution in [0.4, 0.5) is 4.79 Å². The Hall–Kier alpha value is -2.32. The fraction of sp³-hybridized carbons (Fsp3) is 0.263. The molecule has 1 heterocycles. The zero-order chi connectivity index (χ0) is 20.1. The summed E-state index contributed by atoms with van der Waals surface area (Å²) in [6, 6.07) is 11.5. The Morgan fingerprint density at radius 3 is 2.79 bits per heavy atom. The van der Waals surface area contributed by atoms with Gasteiger partial charge in [0.2, 0.25) is 0 Å². The van der Waals surface area contributed by atoms with Gasteiger partial charge < -0.3 is 25.5 Å². The highest BCUT2D eigenvalue weighted by Gasteiger charge is 2.22. The number of carbonyl (C=O) groups is 1. The molecule has 28 heavy (non-hydrogen) atoms. The van der Waals surface area contributed by atoms with E-state index in [9.17, 15) is 9.90 Å². The van der Waals surface area contributed by atoms with Crippen molar-refractivity contribution in [3.8, 4) is 0 Å². The highest BCUT2D eigenvalue weighted by atomic mass is 35.5. The zero-order valence-electron chi connectivity index (χ0n) is 15.1. The predicted octanol–water partition coefficient (Wildman–Crippen LogP) is 3.25. The molecule has 0 aliphatic heterocycles. The number of urea groups is 1. The number of aliphatic hydroxyl groups excluding tert-OH is 1. The summed E-state index contributed by atoms with van der Waals surface area (Å²) >= 11 is 12.1. The second kappa shape index (κ2) is 9.25. The van der Waals surface area contributed by atoms with Crippen molar-refractivity contribution in [3.63, 3.8) is 0 Å². The Morgan fingerprint density at radius 2 is 2.07 bits per heavy atom. The van der Waals surface area contributed by atoms with E-state index in [-0.39, 0.29) is 13.0 Å². The Labute approximate surface area is 172 Å². The van der Waals surface area contributed by atoms with Crippen molar-refractivity contribution in [2.75, 3.05) is 7.11 Å². The first-order valence-electron chi connectivity index (χ1n) is 8.59. The number of aliphatic hydroxyl groups is 1. The van der Waals surface area contributed by atoms with Gasteiger partial charge in [-0.25, -0.2) is 9.78 Å². The van der Waals surface area contributed by atoms with Crippen LogP contribution < -0.4 is 10.6 Å². The molecule has 0 spiro atoms. The Kier molecular flexibility index (Phi) is 6.74. The molecule has 0 aliphatic carbocycles. The number of hydrogen-bond acceptors (Lipinski definition) is 4. The van der Waals surface area contributed by atoms with E-state index in [0.29, 0.717) is 15.9 Å². The second-order valence-corrected chi connectivity index (χ2v) is 7.04. The maximum Gasteiger partial charge on any atom is 0.315 e. The summed E-state index contributed by atoms with van der Waals surface area (Å²) in [4.78, 5) is 19.8. The molecular formula is C19H20Cl2N4O3. The van der Waals surface area contributed by atoms with E-state index < -0.39 is 18.4 Å². The number of nitrogens with one attached hydrogen (secondary N) is 3. The number of nitrogens with zero attached hydrogens (tertiary/aromatic N) is 1. The van der Waals surface area contributed by atoms with Crippen molar-refractivity contribution < 1.29 is 14.6 Å². The largest absolute Gasteiger partial charge is 0.366 e. The standard InChI is InChI=1S/C19H20Cl2N4O3/c1-28-18(26)16(8-11-6-7-12(20)9-13(11)21)25-19(27)22-10-17-23-14-4-2-3-5-15(14)24-17/h2-7,9,16,18,26H,8,10H2,1H3,(H,23,24)(H2,22,25,27)/t16-,18?/m0/s1. The molecule has 0 saturated heterocycles. The third-order valence-electron chi connectivity index (χ3n) is 4.21. The zero-order valence-corrected chi connectivity index (χ0v) is 16.6. The maximum absolute atomic E-state index is 12.3. The highest BCUT2D eigenvalue weighted by molar-refractivity contribution is 6.35. The molecule has 2 atom stereocenters. The number of halogens is 2. The van der Waals surface area contributed by atoms with E-state index in [0.717, 1.165) is 16.6 Å². The molecule has 1 unspecified atom stereocenters. The van der Waals surface area contributed by atoms with Gasteiger partial charge in [0, 0.05) is 17.2 Å². The second-order valence-electron chi connectivity index (χ2n) is 6.20. The fourth-order valence-electron chi connectivity index (χ4n) is 2.78. The summed E-state index contributed by atoms with van der Waals surface area (Å²) in [6.45, 7) is 0.206. The maximum atomic E-state index is 12.3. The molecule has 2 aromatic carbocycles. The SMILES string of the molecule is COC(O)[C@H](Cc1ccc(Cl)cc1Cl)NC(=O)NCc1nc2ccccc2[nH]1. The van der Waals surface area contributed by atoms with E-state index in [4.69, 9.17) is 27.9 Å². The normalized spacial score (nSPS) is 13.3. The van der Waals surface area contributed by atoms with Gasteiger partial charge in [-0.3, -0.25) is 0 Å². The van der Waals surface area contributed by atoms with Crippen molar-refractivity contribution in [2.24, 2.45) is 0 Å². The van der Waals surface area contributed by atoms with Gasteiger partial charge in [-0.2, -0.15) is 0 Å². The van der Waals surface area contributed by atoms with Crippen LogP contribution in [0.1, 0.15) is 11.4 Å². The first kappa shape index (κ1) is 20.4. The molecule has 0 saturated carbocycles. The van der Waals surface area contributed by atoms with Crippen molar-refractivity contribution in [1.82, 2.24) is 20.6 Å². The van der Waals surface area contributed by atoms with E-state index >= 15 is 0 Å². The molecule has 0 aliphatic rings. The van der Waals surface area contributed by atoms with Gasteiger partial charge in [0.25, 0.3) is 0 Å². The number of ether oxygens (including phenoxy) is 1. The van der Waals surface area contributed by atoms with E-state index in [1.54, 1.807) is 18.2 Å². The van der Waals surface area contributed by atoms with E-state index in [1.165, 1.54) is 7.11 Å². The van der Waals surface area contributed by atoms with Crippen LogP contribution in [-0.4, -0.2) is 40.5 Å². The minimum atomic E-state index is -1.20. The summed E-state index contributed by atoms with van der Waals surface area (Å²) in [7, 11) is 1.36. The van der Waals surface area contributed by atoms with Gasteiger partial charge in [-0.1, -0.05) is 41.4 Å². The summed E-state index contributed by atoms with van der Waals surface area (Å²) in [5.74, 6) is 0.626. The van der Waals surface area contributed by atoms with Crippen LogP contribution in [0.5, 0.6) is 0 Å². The summed E-state index contributed by atoms with van der Waals surface area (Å²) in [5, 5.41) is 16.5. The lowest BCUT2D eigenvalue weighted by Crippen LogP contribution is -2.49. The number of aromatic amines is 1. The minimum absolute atomic E-state index is 0.206. The number of carbonyl (C=O) groups excluding carboxylic acids is 1. The number of methoxy groups -OCH3 is 1. The molecule has 3 rings (SSSR count). The van der Waals surface area contributed by atoms with Crippen LogP contribution in [0.25, 0.3) is 11.0 Å². The molecule has 1 aromatic heterocycles. The van der Waals surface area contributed by atoms with Gasteiger partial charge in [-0.15, -0.1) is 0 Å². The van der Waals surface area contributed by atoms with E-state index in [2.05, 4.69) is 20.6 Å². The third-order valence-corrected chi connectivity index (χ3v) is 4.80. The molecule has 7 nitrogen and oxygen atoms in total. The van der Waals surface area contributed by atoms with Crippen LogP contribution in [0.2, 0.25) is 10.0 Å². The molecule has 4 N–H and O–H groups in total. The van der Waals surface area contributed by atoms with Gasteiger partial charge in [0.1, 0.15) is 5.82 Å². The summed E-state index contributed by atoms with van der Waals surface area (Å²) in [6.07, 6.45) is -0.938. The highest BCUT2D eigenvalue weighted by Crippen LogP contribution is 2.22. The van der Waals surface area contributed by atoms with Crippen LogP contribution >= 0.6 is 23.2 Å². The lowest BCUT2D eigenvalue weighted by molar-refractivity contribution is -0.0942. The molecule has 2 amide bonds. The molecule has 0 fully saturated rings. The van der Waals surface area contributed by atoms with Gasteiger partial charge >= 0.3 is 6.03 Å². The Bertz CT molecular complexity index is 930. The molecule has 148 valence electrons. The summed E-state index contributed by atoms with van der Waals surface area (Å²) < 4.78 is 4.98. The fourth-order valence-corrected chi connectivity index (χ4v) is 3.27. The van der Waals surface area contributed by atoms with Crippen LogP contribution in [0, 0.1) is 0 Å². The lowest BCUT2D eigenvalue weighted by Gasteiger charge is -2.23. The number of amides is 2. The average molecular weight is 423 g/mol. The van der Waals surface area contributed by atoms with Crippen LogP contribution in [-0.2, 0) is 17.7 Å².